The van der Waals surface area contributed by atoms with E-state index in [2.05, 4.69) is 5.32 Å². The summed E-state index contributed by atoms with van der Waals surface area (Å²) in [6.07, 6.45) is 2.79. The molecule has 0 aliphatic carbocycles. The summed E-state index contributed by atoms with van der Waals surface area (Å²) < 4.78 is 28.7. The molecule has 0 unspecified atom stereocenters. The van der Waals surface area contributed by atoms with E-state index in [9.17, 15) is 13.5 Å². The van der Waals surface area contributed by atoms with Crippen LogP contribution in [0.3, 0.4) is 0 Å². The molecule has 1 aromatic carbocycles. The highest BCUT2D eigenvalue weighted by Crippen LogP contribution is 2.14. The van der Waals surface area contributed by atoms with Crippen molar-refractivity contribution in [1.82, 2.24) is 5.32 Å². The molecular formula is C13H17NO4S. The number of aliphatic hydroxyl groups is 1. The highest BCUT2D eigenvalue weighted by atomic mass is 32.2. The molecular weight excluding hydrogens is 266 g/mol. The predicted octanol–water partition coefficient (Wildman–Crippen LogP) is 0.589. The molecule has 1 aromatic rings. The Balaban J connectivity index is 1.97. The molecule has 2 N–H and O–H groups in total. The first-order valence-corrected chi connectivity index (χ1v) is 7.44. The predicted molar refractivity (Wildman–Crippen MR) is 71.3 cm³/mol. The van der Waals surface area contributed by atoms with E-state index in [0.717, 1.165) is 5.56 Å². The largest absolute Gasteiger partial charge is 0.389 e. The minimum atomic E-state index is -3.81. The van der Waals surface area contributed by atoms with Gasteiger partial charge in [0.2, 0.25) is 0 Å². The smallest absolute Gasteiger partial charge is 0.297 e. The van der Waals surface area contributed by atoms with Crippen LogP contribution in [0.25, 0.3) is 0 Å². The number of rotatable bonds is 5. The van der Waals surface area contributed by atoms with Gasteiger partial charge >= 0.3 is 0 Å². The fourth-order valence-electron chi connectivity index (χ4n) is 1.79. The van der Waals surface area contributed by atoms with Gasteiger partial charge < -0.3 is 10.4 Å². The monoisotopic (exact) mass is 283 g/mol. The highest BCUT2D eigenvalue weighted by Gasteiger charge is 2.22. The van der Waals surface area contributed by atoms with Gasteiger partial charge in [0.15, 0.2) is 0 Å². The number of benzene rings is 1. The second-order valence-corrected chi connectivity index (χ2v) is 6.10. The molecule has 19 heavy (non-hydrogen) atoms. The number of nitrogens with one attached hydrogen (secondary N) is 1. The van der Waals surface area contributed by atoms with E-state index in [4.69, 9.17) is 4.18 Å². The topological polar surface area (TPSA) is 75.6 Å². The van der Waals surface area contributed by atoms with E-state index >= 15 is 0 Å². The maximum Gasteiger partial charge on any atom is 0.297 e. The van der Waals surface area contributed by atoms with Gasteiger partial charge in [0.25, 0.3) is 10.1 Å². The molecule has 1 aliphatic rings. The van der Waals surface area contributed by atoms with E-state index < -0.39 is 16.2 Å². The van der Waals surface area contributed by atoms with Crippen molar-refractivity contribution < 1.29 is 17.7 Å². The van der Waals surface area contributed by atoms with Crippen LogP contribution in [0.1, 0.15) is 5.56 Å². The summed E-state index contributed by atoms with van der Waals surface area (Å²) in [5.41, 5.74) is 0.972. The molecule has 104 valence electrons. The van der Waals surface area contributed by atoms with Gasteiger partial charge in [-0.1, -0.05) is 29.8 Å². The summed E-state index contributed by atoms with van der Waals surface area (Å²) >= 11 is 0. The quantitative estimate of drug-likeness (QED) is 0.611. The molecule has 0 saturated carbocycles. The number of aryl methyl sites for hydroxylation is 1. The second kappa shape index (κ2) is 5.83. The summed E-state index contributed by atoms with van der Waals surface area (Å²) in [6.45, 7) is 2.28. The molecule has 0 spiro atoms. The normalized spacial score (nSPS) is 20.6. The van der Waals surface area contributed by atoms with Crippen molar-refractivity contribution >= 4 is 10.1 Å². The van der Waals surface area contributed by atoms with Gasteiger partial charge in [0.05, 0.1) is 23.6 Å². The molecule has 0 radical (unpaired) electrons. The van der Waals surface area contributed by atoms with Crippen LogP contribution in [0.15, 0.2) is 41.3 Å². The third-order valence-corrected chi connectivity index (χ3v) is 4.23. The Morgan fingerprint density at radius 2 is 2.11 bits per heavy atom. The van der Waals surface area contributed by atoms with Crippen LogP contribution in [0, 0.1) is 6.92 Å². The van der Waals surface area contributed by atoms with Crippen molar-refractivity contribution in [2.75, 3.05) is 13.2 Å². The Morgan fingerprint density at radius 1 is 1.42 bits per heavy atom. The van der Waals surface area contributed by atoms with E-state index in [1.807, 2.05) is 13.0 Å². The Labute approximate surface area is 113 Å². The summed E-state index contributed by atoms with van der Waals surface area (Å²) in [6, 6.07) is 6.13. The molecule has 5 nitrogen and oxygen atoms in total. The van der Waals surface area contributed by atoms with Gasteiger partial charge in [-0.3, -0.25) is 4.18 Å². The zero-order chi connectivity index (χ0) is 13.9. The van der Waals surface area contributed by atoms with Crippen LogP contribution < -0.4 is 5.32 Å². The Bertz CT molecular complexity index is 551. The highest BCUT2D eigenvalue weighted by molar-refractivity contribution is 7.86. The van der Waals surface area contributed by atoms with E-state index in [1.165, 1.54) is 12.1 Å². The average Bonchev–Trinajstić information content (AvgIpc) is 2.90. The van der Waals surface area contributed by atoms with Crippen LogP contribution in [-0.4, -0.2) is 38.8 Å². The lowest BCUT2D eigenvalue weighted by Crippen LogP contribution is -2.38. The standard InChI is InChI=1S/C13H17NO4S/c1-10-4-6-11(7-5-10)19(16,17)18-9-13(15)12-3-2-8-14-12/h2-7,12-15H,8-9H2,1H3/t12-,13+/m0/s1. The fourth-order valence-corrected chi connectivity index (χ4v) is 2.71. The first kappa shape index (κ1) is 14.2. The van der Waals surface area contributed by atoms with Crippen molar-refractivity contribution in [1.29, 1.82) is 0 Å². The lowest BCUT2D eigenvalue weighted by Gasteiger charge is -2.17. The van der Waals surface area contributed by atoms with Gasteiger partial charge in [-0.25, -0.2) is 0 Å². The van der Waals surface area contributed by atoms with Crippen molar-refractivity contribution in [2.45, 2.75) is 24.0 Å². The van der Waals surface area contributed by atoms with Crippen LogP contribution in [-0.2, 0) is 14.3 Å². The fraction of sp³-hybridized carbons (Fsp3) is 0.385. The van der Waals surface area contributed by atoms with Crippen molar-refractivity contribution in [3.63, 3.8) is 0 Å². The molecule has 0 aromatic heterocycles. The molecule has 0 amide bonds. The second-order valence-electron chi connectivity index (χ2n) is 4.48. The lowest BCUT2D eigenvalue weighted by atomic mass is 10.2. The van der Waals surface area contributed by atoms with Gasteiger partial charge in [-0.05, 0) is 19.1 Å². The van der Waals surface area contributed by atoms with Crippen LogP contribution >= 0.6 is 0 Å². The molecule has 0 fully saturated rings. The third-order valence-electron chi connectivity index (χ3n) is 2.93. The lowest BCUT2D eigenvalue weighted by molar-refractivity contribution is 0.0927. The van der Waals surface area contributed by atoms with Gasteiger partial charge in [-0.15, -0.1) is 0 Å². The minimum Gasteiger partial charge on any atom is -0.389 e. The van der Waals surface area contributed by atoms with Crippen molar-refractivity contribution in [2.24, 2.45) is 0 Å². The van der Waals surface area contributed by atoms with Gasteiger partial charge in [-0.2, -0.15) is 8.42 Å². The van der Waals surface area contributed by atoms with Crippen LogP contribution in [0.4, 0.5) is 0 Å². The zero-order valence-corrected chi connectivity index (χ0v) is 11.4. The van der Waals surface area contributed by atoms with Crippen LogP contribution in [0.5, 0.6) is 0 Å². The molecule has 1 heterocycles. The van der Waals surface area contributed by atoms with Crippen molar-refractivity contribution in [3.05, 3.63) is 42.0 Å². The summed E-state index contributed by atoms with van der Waals surface area (Å²) in [7, 11) is -3.81. The van der Waals surface area contributed by atoms with Gasteiger partial charge in [0, 0.05) is 6.54 Å². The van der Waals surface area contributed by atoms with Crippen LogP contribution in [0.2, 0.25) is 0 Å². The van der Waals surface area contributed by atoms with Gasteiger partial charge in [0.1, 0.15) is 0 Å². The Morgan fingerprint density at radius 3 is 2.68 bits per heavy atom. The van der Waals surface area contributed by atoms with E-state index in [-0.39, 0.29) is 17.5 Å². The van der Waals surface area contributed by atoms with Crippen molar-refractivity contribution in [3.8, 4) is 0 Å². The Hall–Kier alpha value is -1.21. The first-order valence-electron chi connectivity index (χ1n) is 6.03. The molecule has 2 atom stereocenters. The zero-order valence-electron chi connectivity index (χ0n) is 10.6. The molecule has 1 aliphatic heterocycles. The number of hydrogen-bond acceptors (Lipinski definition) is 5. The Kier molecular flexibility index (Phi) is 4.36. The average molecular weight is 283 g/mol. The molecule has 0 bridgehead atoms. The maximum absolute atomic E-state index is 11.9. The molecule has 0 saturated heterocycles. The summed E-state index contributed by atoms with van der Waals surface area (Å²) in [5, 5.41) is 12.8. The maximum atomic E-state index is 11.9. The number of aliphatic hydroxyl groups excluding tert-OH is 1. The first-order chi connectivity index (χ1) is 8.99. The van der Waals surface area contributed by atoms with E-state index in [0.29, 0.717) is 6.54 Å². The molecule has 2 rings (SSSR count). The van der Waals surface area contributed by atoms with E-state index in [1.54, 1.807) is 18.2 Å². The summed E-state index contributed by atoms with van der Waals surface area (Å²) in [5.74, 6) is 0. The number of hydrogen-bond donors (Lipinski definition) is 2. The molecule has 6 heteroatoms. The minimum absolute atomic E-state index is 0.0974. The summed E-state index contributed by atoms with van der Waals surface area (Å²) in [4.78, 5) is 0.0974. The third kappa shape index (κ3) is 3.63. The SMILES string of the molecule is Cc1ccc(S(=O)(=O)OC[C@@H](O)[C@@H]2C=CCN2)cc1.